The molecule has 0 fully saturated rings. The quantitative estimate of drug-likeness (QED) is 0.498. The number of nitrogens with zero attached hydrogens (tertiary/aromatic N) is 1. The minimum absolute atomic E-state index is 0.0287. The maximum atomic E-state index is 9.98. The van der Waals surface area contributed by atoms with Crippen LogP contribution in [0.4, 0.5) is 0 Å². The Kier molecular flexibility index (Phi) is 4.53. The SMILES string of the molecule is CCc1ccc(O)c(C(=NO)c2ccc(Cl)cc2Cl)c1. The Morgan fingerprint density at radius 2 is 1.85 bits per heavy atom. The number of phenols is 1. The van der Waals surface area contributed by atoms with E-state index < -0.39 is 0 Å². The summed E-state index contributed by atoms with van der Waals surface area (Å²) in [7, 11) is 0. The van der Waals surface area contributed by atoms with Gasteiger partial charge in [0.1, 0.15) is 11.5 Å². The maximum Gasteiger partial charge on any atom is 0.125 e. The molecular weight excluding hydrogens is 297 g/mol. The third kappa shape index (κ3) is 2.89. The number of phenolic OH excluding ortho intramolecular Hbond substituents is 1. The van der Waals surface area contributed by atoms with Crippen LogP contribution in [0.25, 0.3) is 0 Å². The molecule has 5 heteroatoms. The van der Waals surface area contributed by atoms with Crippen LogP contribution in [0.15, 0.2) is 41.6 Å². The highest BCUT2D eigenvalue weighted by molar-refractivity contribution is 6.38. The first-order valence-corrected chi connectivity index (χ1v) is 6.82. The minimum Gasteiger partial charge on any atom is -0.507 e. The molecule has 0 saturated carbocycles. The Morgan fingerprint density at radius 1 is 1.10 bits per heavy atom. The van der Waals surface area contributed by atoms with Crippen LogP contribution in [-0.4, -0.2) is 16.0 Å². The average Bonchev–Trinajstić information content (AvgIpc) is 2.43. The van der Waals surface area contributed by atoms with Crippen molar-refractivity contribution in [2.45, 2.75) is 13.3 Å². The summed E-state index contributed by atoms with van der Waals surface area (Å²) in [5, 5.41) is 23.4. The van der Waals surface area contributed by atoms with Crippen molar-refractivity contribution < 1.29 is 10.3 Å². The molecule has 20 heavy (non-hydrogen) atoms. The fraction of sp³-hybridized carbons (Fsp3) is 0.133. The van der Waals surface area contributed by atoms with Gasteiger partial charge in [-0.05, 0) is 42.3 Å². The van der Waals surface area contributed by atoms with Crippen LogP contribution in [0.2, 0.25) is 10.0 Å². The Balaban J connectivity index is 2.58. The molecule has 0 heterocycles. The van der Waals surface area contributed by atoms with Crippen molar-refractivity contribution in [2.75, 3.05) is 0 Å². The Bertz CT molecular complexity index is 669. The van der Waals surface area contributed by atoms with Crippen LogP contribution in [0.3, 0.4) is 0 Å². The largest absolute Gasteiger partial charge is 0.507 e. The van der Waals surface area contributed by atoms with E-state index in [1.807, 2.05) is 13.0 Å². The van der Waals surface area contributed by atoms with Gasteiger partial charge in [0.2, 0.25) is 0 Å². The van der Waals surface area contributed by atoms with Crippen molar-refractivity contribution in [1.82, 2.24) is 0 Å². The monoisotopic (exact) mass is 309 g/mol. The molecular formula is C15H13Cl2NO2. The smallest absolute Gasteiger partial charge is 0.125 e. The summed E-state index contributed by atoms with van der Waals surface area (Å²) in [6, 6.07) is 10.0. The molecule has 0 aromatic heterocycles. The lowest BCUT2D eigenvalue weighted by Gasteiger charge is -2.10. The number of aryl methyl sites for hydroxylation is 1. The summed E-state index contributed by atoms with van der Waals surface area (Å²) in [5.74, 6) is 0.0287. The molecule has 0 saturated heterocycles. The van der Waals surface area contributed by atoms with Crippen LogP contribution in [0.1, 0.15) is 23.6 Å². The topological polar surface area (TPSA) is 52.8 Å². The standard InChI is InChI=1S/C15H13Cl2NO2/c1-2-9-3-6-14(19)12(7-9)15(18-20)11-5-4-10(16)8-13(11)17/h3-8,19-20H,2H2,1H3. The molecule has 104 valence electrons. The van der Waals surface area contributed by atoms with Crippen molar-refractivity contribution in [2.24, 2.45) is 5.16 Å². The second kappa shape index (κ2) is 6.16. The van der Waals surface area contributed by atoms with Crippen LogP contribution in [-0.2, 0) is 6.42 Å². The maximum absolute atomic E-state index is 9.98. The zero-order chi connectivity index (χ0) is 14.7. The summed E-state index contributed by atoms with van der Waals surface area (Å²) in [6.45, 7) is 2.00. The fourth-order valence-electron chi connectivity index (χ4n) is 1.93. The molecule has 0 bridgehead atoms. The van der Waals surface area contributed by atoms with E-state index in [0.29, 0.717) is 21.2 Å². The molecule has 0 aliphatic heterocycles. The third-order valence-electron chi connectivity index (χ3n) is 3.01. The molecule has 2 rings (SSSR count). The normalized spacial score (nSPS) is 11.7. The molecule has 2 N–H and O–H groups in total. The summed E-state index contributed by atoms with van der Waals surface area (Å²) in [6.07, 6.45) is 0.806. The second-order valence-electron chi connectivity index (χ2n) is 4.28. The van der Waals surface area contributed by atoms with E-state index in [1.54, 1.807) is 30.3 Å². The van der Waals surface area contributed by atoms with E-state index in [-0.39, 0.29) is 11.5 Å². The Morgan fingerprint density at radius 3 is 2.45 bits per heavy atom. The zero-order valence-corrected chi connectivity index (χ0v) is 12.3. The number of oxime groups is 1. The van der Waals surface area contributed by atoms with Gasteiger partial charge in [-0.15, -0.1) is 0 Å². The van der Waals surface area contributed by atoms with Crippen LogP contribution in [0, 0.1) is 0 Å². The van der Waals surface area contributed by atoms with Crippen LogP contribution >= 0.6 is 23.2 Å². The summed E-state index contributed by atoms with van der Waals surface area (Å²) in [5.41, 5.74) is 2.15. The van der Waals surface area contributed by atoms with Gasteiger partial charge in [-0.3, -0.25) is 0 Å². The van der Waals surface area contributed by atoms with E-state index in [0.717, 1.165) is 12.0 Å². The molecule has 0 aliphatic carbocycles. The summed E-state index contributed by atoms with van der Waals surface area (Å²) >= 11 is 12.0. The number of hydrogen-bond acceptors (Lipinski definition) is 3. The van der Waals surface area contributed by atoms with Gasteiger partial charge in [0.25, 0.3) is 0 Å². The zero-order valence-electron chi connectivity index (χ0n) is 10.8. The van der Waals surface area contributed by atoms with E-state index in [1.165, 1.54) is 0 Å². The molecule has 0 unspecified atom stereocenters. The van der Waals surface area contributed by atoms with E-state index in [4.69, 9.17) is 23.2 Å². The molecule has 3 nitrogen and oxygen atoms in total. The van der Waals surface area contributed by atoms with Crippen LogP contribution in [0.5, 0.6) is 5.75 Å². The molecule has 0 atom stereocenters. The first-order valence-electron chi connectivity index (χ1n) is 6.06. The van der Waals surface area contributed by atoms with E-state index >= 15 is 0 Å². The van der Waals surface area contributed by atoms with Gasteiger partial charge in [0.15, 0.2) is 0 Å². The lowest BCUT2D eigenvalue weighted by Crippen LogP contribution is -2.05. The van der Waals surface area contributed by atoms with E-state index in [9.17, 15) is 10.3 Å². The molecule has 0 aliphatic rings. The lowest BCUT2D eigenvalue weighted by atomic mass is 9.98. The first-order chi connectivity index (χ1) is 9.56. The van der Waals surface area contributed by atoms with Gasteiger partial charge in [-0.1, -0.05) is 41.3 Å². The predicted molar refractivity (Wildman–Crippen MR) is 81.4 cm³/mol. The van der Waals surface area contributed by atoms with Crippen molar-refractivity contribution in [3.05, 3.63) is 63.1 Å². The third-order valence-corrected chi connectivity index (χ3v) is 3.56. The molecule has 0 spiro atoms. The highest BCUT2D eigenvalue weighted by atomic mass is 35.5. The molecule has 0 radical (unpaired) electrons. The number of halogens is 2. The van der Waals surface area contributed by atoms with Gasteiger partial charge >= 0.3 is 0 Å². The fourth-order valence-corrected chi connectivity index (χ4v) is 2.43. The Labute approximate surface area is 127 Å². The Hall–Kier alpha value is -1.71. The van der Waals surface area contributed by atoms with Gasteiger partial charge in [0, 0.05) is 16.1 Å². The van der Waals surface area contributed by atoms with Gasteiger partial charge in [-0.2, -0.15) is 0 Å². The van der Waals surface area contributed by atoms with Crippen molar-refractivity contribution in [3.8, 4) is 5.75 Å². The highest BCUT2D eigenvalue weighted by Crippen LogP contribution is 2.28. The number of rotatable bonds is 3. The molecule has 2 aromatic rings. The first kappa shape index (κ1) is 14.7. The molecule has 0 amide bonds. The van der Waals surface area contributed by atoms with Gasteiger partial charge in [-0.25, -0.2) is 0 Å². The van der Waals surface area contributed by atoms with Gasteiger partial charge in [0.05, 0.1) is 5.02 Å². The van der Waals surface area contributed by atoms with Crippen molar-refractivity contribution >= 4 is 28.9 Å². The second-order valence-corrected chi connectivity index (χ2v) is 5.12. The number of hydrogen-bond donors (Lipinski definition) is 2. The van der Waals surface area contributed by atoms with Gasteiger partial charge < -0.3 is 10.3 Å². The van der Waals surface area contributed by atoms with Crippen molar-refractivity contribution in [3.63, 3.8) is 0 Å². The highest BCUT2D eigenvalue weighted by Gasteiger charge is 2.16. The minimum atomic E-state index is 0.0287. The summed E-state index contributed by atoms with van der Waals surface area (Å²) in [4.78, 5) is 0. The van der Waals surface area contributed by atoms with Crippen LogP contribution < -0.4 is 0 Å². The van der Waals surface area contributed by atoms with E-state index in [2.05, 4.69) is 5.16 Å². The summed E-state index contributed by atoms with van der Waals surface area (Å²) < 4.78 is 0. The predicted octanol–water partition coefficient (Wildman–Crippen LogP) is 4.49. The van der Waals surface area contributed by atoms with Crippen molar-refractivity contribution in [1.29, 1.82) is 0 Å². The number of benzene rings is 2. The average molecular weight is 310 g/mol. The lowest BCUT2D eigenvalue weighted by molar-refractivity contribution is 0.319. The number of aromatic hydroxyl groups is 1. The molecule has 2 aromatic carbocycles.